The van der Waals surface area contributed by atoms with Crippen LogP contribution < -0.4 is 11.1 Å². The number of fused-ring (bicyclic) bond motifs is 1. The van der Waals surface area contributed by atoms with Gasteiger partial charge in [0, 0.05) is 23.7 Å². The minimum atomic E-state index is 0.165. The number of hydrogen-bond acceptors (Lipinski definition) is 4. The molecule has 1 unspecified atom stereocenters. The minimum Gasteiger partial charge on any atom is -0.350 e. The first-order valence-corrected chi connectivity index (χ1v) is 10.6. The molecule has 1 aromatic heterocycles. The molecular weight excluding hydrogens is 344 g/mol. The molecule has 146 valence electrons. The summed E-state index contributed by atoms with van der Waals surface area (Å²) in [5, 5.41) is 4.60. The molecule has 1 aliphatic rings. The summed E-state index contributed by atoms with van der Waals surface area (Å²) >= 11 is 0. The van der Waals surface area contributed by atoms with Crippen molar-refractivity contribution in [2.45, 2.75) is 63.5 Å². The van der Waals surface area contributed by atoms with Crippen LogP contribution in [-0.4, -0.2) is 22.1 Å². The van der Waals surface area contributed by atoms with Crippen LogP contribution in [0.15, 0.2) is 54.7 Å². The van der Waals surface area contributed by atoms with E-state index < -0.39 is 0 Å². The van der Waals surface area contributed by atoms with E-state index in [4.69, 9.17) is 10.7 Å². The van der Waals surface area contributed by atoms with Gasteiger partial charge in [-0.25, -0.2) is 9.97 Å². The molecular formula is C24H30N4. The minimum absolute atomic E-state index is 0.165. The molecule has 1 saturated carbocycles. The molecule has 2 atom stereocenters. The van der Waals surface area contributed by atoms with E-state index in [1.165, 1.54) is 49.7 Å². The van der Waals surface area contributed by atoms with Crippen molar-refractivity contribution in [2.75, 3.05) is 5.32 Å². The van der Waals surface area contributed by atoms with Crippen molar-refractivity contribution < 1.29 is 0 Å². The van der Waals surface area contributed by atoms with Crippen molar-refractivity contribution >= 4 is 16.9 Å². The Morgan fingerprint density at radius 3 is 2.39 bits per heavy atom. The number of nitrogens with one attached hydrogen (secondary N) is 1. The highest BCUT2D eigenvalue weighted by Crippen LogP contribution is 2.24. The summed E-state index contributed by atoms with van der Waals surface area (Å²) in [5.74, 6) is 0.692. The smallest absolute Gasteiger partial charge is 0.223 e. The number of aromatic nitrogens is 2. The van der Waals surface area contributed by atoms with Crippen molar-refractivity contribution in [3.63, 3.8) is 0 Å². The summed E-state index contributed by atoms with van der Waals surface area (Å²) in [4.78, 5) is 9.35. The number of hydrogen-bond donors (Lipinski definition) is 2. The van der Waals surface area contributed by atoms with Crippen molar-refractivity contribution in [3.8, 4) is 11.1 Å². The molecule has 0 aliphatic heterocycles. The summed E-state index contributed by atoms with van der Waals surface area (Å²) in [6.45, 7) is 0. The van der Waals surface area contributed by atoms with Gasteiger partial charge in [0.2, 0.25) is 5.95 Å². The fourth-order valence-corrected chi connectivity index (χ4v) is 4.12. The van der Waals surface area contributed by atoms with Gasteiger partial charge in [0.25, 0.3) is 0 Å². The van der Waals surface area contributed by atoms with Crippen molar-refractivity contribution in [3.05, 3.63) is 54.7 Å². The quantitative estimate of drug-likeness (QED) is 0.632. The molecule has 3 aromatic rings. The third kappa shape index (κ3) is 4.68. The average molecular weight is 375 g/mol. The highest BCUT2D eigenvalue weighted by Gasteiger charge is 2.19. The van der Waals surface area contributed by atoms with Crippen LogP contribution >= 0.6 is 0 Å². The van der Waals surface area contributed by atoms with E-state index in [1.54, 1.807) is 0 Å². The van der Waals surface area contributed by atoms with Crippen molar-refractivity contribution in [1.29, 1.82) is 0 Å². The van der Waals surface area contributed by atoms with Crippen molar-refractivity contribution in [2.24, 2.45) is 5.73 Å². The Morgan fingerprint density at radius 1 is 0.821 bits per heavy atom. The van der Waals surface area contributed by atoms with Crippen molar-refractivity contribution in [1.82, 2.24) is 9.97 Å². The lowest BCUT2D eigenvalue weighted by Gasteiger charge is -2.26. The van der Waals surface area contributed by atoms with Crippen LogP contribution in [0.25, 0.3) is 22.0 Å². The van der Waals surface area contributed by atoms with Gasteiger partial charge in [-0.1, -0.05) is 74.9 Å². The van der Waals surface area contributed by atoms with E-state index >= 15 is 0 Å². The lowest BCUT2D eigenvalue weighted by molar-refractivity contribution is 0.429. The topological polar surface area (TPSA) is 63.8 Å². The summed E-state index contributed by atoms with van der Waals surface area (Å²) in [6, 6.07) is 17.2. The predicted molar refractivity (Wildman–Crippen MR) is 117 cm³/mol. The number of nitrogens with two attached hydrogens (primary N) is 1. The van der Waals surface area contributed by atoms with Crippen LogP contribution in [0.5, 0.6) is 0 Å². The second-order valence-corrected chi connectivity index (χ2v) is 7.95. The Balaban J connectivity index is 1.52. The molecule has 4 nitrogen and oxygen atoms in total. The first-order valence-electron chi connectivity index (χ1n) is 10.6. The van der Waals surface area contributed by atoms with Gasteiger partial charge in [-0.05, 0) is 36.1 Å². The molecule has 4 heteroatoms. The second-order valence-electron chi connectivity index (χ2n) is 7.95. The number of rotatable bonds is 3. The molecule has 1 heterocycles. The number of nitrogens with zero attached hydrogens (tertiary/aromatic N) is 2. The van der Waals surface area contributed by atoms with Gasteiger partial charge in [-0.15, -0.1) is 0 Å². The van der Waals surface area contributed by atoms with E-state index in [2.05, 4.69) is 52.8 Å². The largest absolute Gasteiger partial charge is 0.350 e. The normalized spacial score (nSPS) is 21.3. The highest BCUT2D eigenvalue weighted by atomic mass is 15.1. The molecule has 4 rings (SSSR count). The second kappa shape index (κ2) is 9.16. The van der Waals surface area contributed by atoms with E-state index in [-0.39, 0.29) is 12.1 Å². The molecule has 1 fully saturated rings. The molecule has 0 bridgehead atoms. The third-order valence-corrected chi connectivity index (χ3v) is 5.82. The summed E-state index contributed by atoms with van der Waals surface area (Å²) in [6.07, 6.45) is 11.8. The molecule has 1 aliphatic carbocycles. The van der Waals surface area contributed by atoms with Crippen LogP contribution in [0.3, 0.4) is 0 Å². The summed E-state index contributed by atoms with van der Waals surface area (Å²) in [7, 11) is 0. The van der Waals surface area contributed by atoms with E-state index in [1.807, 2.05) is 12.3 Å². The van der Waals surface area contributed by atoms with Gasteiger partial charge >= 0.3 is 0 Å². The van der Waals surface area contributed by atoms with Gasteiger partial charge in [-0.3, -0.25) is 0 Å². The van der Waals surface area contributed by atoms with E-state index in [9.17, 15) is 0 Å². The van der Waals surface area contributed by atoms with Gasteiger partial charge in [0.1, 0.15) is 0 Å². The number of benzene rings is 2. The van der Waals surface area contributed by atoms with E-state index in [0.717, 1.165) is 23.7 Å². The molecule has 0 spiro atoms. The zero-order valence-corrected chi connectivity index (χ0v) is 16.5. The fourth-order valence-electron chi connectivity index (χ4n) is 4.12. The lowest BCUT2D eigenvalue weighted by atomic mass is 9.94. The summed E-state index contributed by atoms with van der Waals surface area (Å²) in [5.41, 5.74) is 9.85. The average Bonchev–Trinajstić information content (AvgIpc) is 2.74. The Morgan fingerprint density at radius 2 is 1.57 bits per heavy atom. The maximum Gasteiger partial charge on any atom is 0.223 e. The monoisotopic (exact) mass is 374 g/mol. The standard InChI is InChI=1S/C24H30N4/c25-21-12-8-3-1-2-4-9-13-23(21)28-24-26-17-20-16-19(14-15-22(20)27-24)18-10-6-5-7-11-18/h5-7,10-11,14-17,21,23H,1-4,8-9,12-13,25H2,(H,26,27,28)/t21-,23?/m0/s1. The highest BCUT2D eigenvalue weighted by molar-refractivity contribution is 5.84. The summed E-state index contributed by atoms with van der Waals surface area (Å²) < 4.78 is 0. The molecule has 3 N–H and O–H groups in total. The maximum absolute atomic E-state index is 6.50. The van der Waals surface area contributed by atoms with Crippen LogP contribution in [0.1, 0.15) is 51.4 Å². The first-order chi connectivity index (χ1) is 13.8. The molecule has 0 saturated heterocycles. The third-order valence-electron chi connectivity index (χ3n) is 5.82. The van der Waals surface area contributed by atoms with Gasteiger partial charge < -0.3 is 11.1 Å². The zero-order chi connectivity index (χ0) is 19.2. The Hall–Kier alpha value is -2.46. The van der Waals surface area contributed by atoms with E-state index in [0.29, 0.717) is 5.95 Å². The van der Waals surface area contributed by atoms with Crippen LogP contribution in [-0.2, 0) is 0 Å². The Kier molecular flexibility index (Phi) is 6.17. The number of anilines is 1. The first kappa shape index (κ1) is 18.9. The van der Waals surface area contributed by atoms with Crippen LogP contribution in [0.2, 0.25) is 0 Å². The zero-order valence-electron chi connectivity index (χ0n) is 16.5. The Bertz CT molecular complexity index is 894. The predicted octanol–water partition coefficient (Wildman–Crippen LogP) is 5.54. The lowest BCUT2D eigenvalue weighted by Crippen LogP contribution is -2.41. The fraction of sp³-hybridized carbons (Fsp3) is 0.417. The van der Waals surface area contributed by atoms with Crippen LogP contribution in [0.4, 0.5) is 5.95 Å². The van der Waals surface area contributed by atoms with Gasteiger partial charge in [0.05, 0.1) is 5.52 Å². The SMILES string of the molecule is N[C@H]1CCCCCCCCC1Nc1ncc2cc(-c3ccccc3)ccc2n1. The molecule has 28 heavy (non-hydrogen) atoms. The molecule has 2 aromatic carbocycles. The molecule has 0 amide bonds. The Labute approximate surface area is 167 Å². The van der Waals surface area contributed by atoms with Gasteiger partial charge in [-0.2, -0.15) is 0 Å². The van der Waals surface area contributed by atoms with Crippen LogP contribution in [0, 0.1) is 0 Å². The molecule has 0 radical (unpaired) electrons. The maximum atomic E-state index is 6.50. The van der Waals surface area contributed by atoms with Gasteiger partial charge in [0.15, 0.2) is 0 Å².